The Hall–Kier alpha value is -3.12. The van der Waals surface area contributed by atoms with Crippen LogP contribution < -0.4 is 0 Å². The van der Waals surface area contributed by atoms with Gasteiger partial charge in [0.05, 0.1) is 6.61 Å². The Labute approximate surface area is 134 Å². The SMILES string of the molecule is CCOC(=O)/C(C#N)=C/c1cccc2ccc3ccccc3c12. The van der Waals surface area contributed by atoms with Gasteiger partial charge in [0.2, 0.25) is 0 Å². The molecule has 0 radical (unpaired) electrons. The molecule has 23 heavy (non-hydrogen) atoms. The van der Waals surface area contributed by atoms with Crippen LogP contribution in [0.1, 0.15) is 12.5 Å². The highest BCUT2D eigenvalue weighted by Crippen LogP contribution is 2.29. The molecule has 0 aliphatic carbocycles. The number of carbonyl (C=O) groups is 1. The number of hydrogen-bond donors (Lipinski definition) is 0. The second kappa shape index (κ2) is 6.33. The summed E-state index contributed by atoms with van der Waals surface area (Å²) in [5.74, 6) is -0.591. The minimum absolute atomic E-state index is 0.00674. The average Bonchev–Trinajstić information content (AvgIpc) is 2.59. The molecule has 0 aliphatic rings. The van der Waals surface area contributed by atoms with Crippen LogP contribution in [-0.4, -0.2) is 12.6 Å². The second-order valence-electron chi connectivity index (χ2n) is 5.12. The summed E-state index contributed by atoms with van der Waals surface area (Å²) in [6.07, 6.45) is 1.60. The van der Waals surface area contributed by atoms with Crippen molar-refractivity contribution in [1.29, 1.82) is 5.26 Å². The first-order valence-electron chi connectivity index (χ1n) is 7.44. The summed E-state index contributed by atoms with van der Waals surface area (Å²) in [4.78, 5) is 11.9. The molecule has 3 nitrogen and oxygen atoms in total. The zero-order valence-corrected chi connectivity index (χ0v) is 12.7. The monoisotopic (exact) mass is 301 g/mol. The van der Waals surface area contributed by atoms with Crippen LogP contribution >= 0.6 is 0 Å². The summed E-state index contributed by atoms with van der Waals surface area (Å²) < 4.78 is 4.94. The Kier molecular flexibility index (Phi) is 4.07. The van der Waals surface area contributed by atoms with Crippen LogP contribution in [0.25, 0.3) is 27.6 Å². The predicted octanol–water partition coefficient (Wildman–Crippen LogP) is 4.46. The van der Waals surface area contributed by atoms with Gasteiger partial charge in [0.1, 0.15) is 11.6 Å². The summed E-state index contributed by atoms with van der Waals surface area (Å²) in [5, 5.41) is 13.6. The van der Waals surface area contributed by atoms with Gasteiger partial charge in [0, 0.05) is 0 Å². The van der Waals surface area contributed by atoms with Crippen LogP contribution in [0.15, 0.2) is 60.2 Å². The molecule has 0 bridgehead atoms. The van der Waals surface area contributed by atoms with Crippen LogP contribution in [0.3, 0.4) is 0 Å². The molecule has 0 spiro atoms. The maximum absolute atomic E-state index is 11.9. The fraction of sp³-hybridized carbons (Fsp3) is 0.100. The summed E-state index contributed by atoms with van der Waals surface area (Å²) in [6.45, 7) is 1.97. The molecule has 0 atom stereocenters. The predicted molar refractivity (Wildman–Crippen MR) is 91.7 cm³/mol. The molecule has 0 heterocycles. The van der Waals surface area contributed by atoms with Gasteiger partial charge >= 0.3 is 5.97 Å². The Morgan fingerprint density at radius 3 is 2.61 bits per heavy atom. The summed E-state index contributed by atoms with van der Waals surface area (Å²) in [7, 11) is 0. The molecular formula is C20H15NO2. The lowest BCUT2D eigenvalue weighted by molar-refractivity contribution is -0.137. The Morgan fingerprint density at radius 2 is 1.83 bits per heavy atom. The Bertz CT molecular complexity index is 964. The molecule has 3 aromatic rings. The number of nitriles is 1. The number of hydrogen-bond acceptors (Lipinski definition) is 3. The third-order valence-corrected chi connectivity index (χ3v) is 3.72. The molecule has 0 N–H and O–H groups in total. The van der Waals surface area contributed by atoms with Crippen LogP contribution in [0, 0.1) is 11.3 Å². The lowest BCUT2D eigenvalue weighted by atomic mass is 9.96. The molecule has 0 saturated carbocycles. The number of benzene rings is 3. The number of esters is 1. The molecule has 3 heteroatoms. The lowest BCUT2D eigenvalue weighted by Crippen LogP contribution is -2.06. The summed E-state index contributed by atoms with van der Waals surface area (Å²) in [6, 6.07) is 20.0. The molecule has 0 aliphatic heterocycles. The molecule has 0 unspecified atom stereocenters. The zero-order chi connectivity index (χ0) is 16.2. The van der Waals surface area contributed by atoms with Gasteiger partial charge < -0.3 is 4.74 Å². The first kappa shape index (κ1) is 14.8. The van der Waals surface area contributed by atoms with Crippen molar-refractivity contribution in [2.45, 2.75) is 6.92 Å². The first-order valence-corrected chi connectivity index (χ1v) is 7.44. The van der Waals surface area contributed by atoms with Gasteiger partial charge in [-0.2, -0.15) is 5.26 Å². The van der Waals surface area contributed by atoms with Crippen molar-refractivity contribution in [3.05, 3.63) is 65.7 Å². The summed E-state index contributed by atoms with van der Waals surface area (Å²) in [5.41, 5.74) is 0.844. The first-order chi connectivity index (χ1) is 11.2. The van der Waals surface area contributed by atoms with Gasteiger partial charge in [-0.25, -0.2) is 4.79 Å². The van der Waals surface area contributed by atoms with E-state index in [1.807, 2.05) is 54.6 Å². The van der Waals surface area contributed by atoms with E-state index in [1.165, 1.54) is 0 Å². The third-order valence-electron chi connectivity index (χ3n) is 3.72. The lowest BCUT2D eigenvalue weighted by Gasteiger charge is -2.08. The van der Waals surface area contributed by atoms with Crippen molar-refractivity contribution < 1.29 is 9.53 Å². The zero-order valence-electron chi connectivity index (χ0n) is 12.7. The van der Waals surface area contributed by atoms with E-state index in [1.54, 1.807) is 13.0 Å². The second-order valence-corrected chi connectivity index (χ2v) is 5.12. The number of nitrogens with zero attached hydrogens (tertiary/aromatic N) is 1. The fourth-order valence-corrected chi connectivity index (χ4v) is 2.71. The number of carbonyl (C=O) groups excluding carboxylic acids is 1. The molecule has 0 saturated heterocycles. The number of fused-ring (bicyclic) bond motifs is 3. The Morgan fingerprint density at radius 1 is 1.09 bits per heavy atom. The van der Waals surface area contributed by atoms with E-state index in [4.69, 9.17) is 4.74 Å². The smallest absolute Gasteiger partial charge is 0.348 e. The van der Waals surface area contributed by atoms with E-state index in [0.717, 1.165) is 27.1 Å². The van der Waals surface area contributed by atoms with Crippen LogP contribution in [-0.2, 0) is 9.53 Å². The maximum atomic E-state index is 11.9. The largest absolute Gasteiger partial charge is 0.462 e. The van der Waals surface area contributed by atoms with Crippen molar-refractivity contribution >= 4 is 33.6 Å². The van der Waals surface area contributed by atoms with Gasteiger partial charge in [-0.15, -0.1) is 0 Å². The summed E-state index contributed by atoms with van der Waals surface area (Å²) >= 11 is 0. The van der Waals surface area contributed by atoms with Gasteiger partial charge in [-0.05, 0) is 40.1 Å². The highest BCUT2D eigenvalue weighted by Gasteiger charge is 2.11. The topological polar surface area (TPSA) is 50.1 Å². The standard InChI is InChI=1S/C20H15NO2/c1-2-23-20(22)17(13-21)12-16-8-5-7-15-11-10-14-6-3-4-9-18(14)19(15)16/h3-12H,2H2,1H3/b17-12+. The minimum atomic E-state index is -0.591. The van der Waals surface area contributed by atoms with E-state index < -0.39 is 5.97 Å². The fourth-order valence-electron chi connectivity index (χ4n) is 2.71. The maximum Gasteiger partial charge on any atom is 0.348 e. The molecule has 112 valence electrons. The van der Waals surface area contributed by atoms with E-state index >= 15 is 0 Å². The molecule has 3 rings (SSSR count). The molecule has 0 fully saturated rings. The molecule has 3 aromatic carbocycles. The number of ether oxygens (including phenoxy) is 1. The van der Waals surface area contributed by atoms with Gasteiger partial charge in [0.15, 0.2) is 0 Å². The molecule has 0 amide bonds. The Balaban J connectivity index is 2.27. The van der Waals surface area contributed by atoms with Crippen molar-refractivity contribution in [2.24, 2.45) is 0 Å². The molecular weight excluding hydrogens is 286 g/mol. The number of rotatable bonds is 3. The van der Waals surface area contributed by atoms with Crippen molar-refractivity contribution in [3.8, 4) is 6.07 Å². The quantitative estimate of drug-likeness (QED) is 0.310. The van der Waals surface area contributed by atoms with Gasteiger partial charge in [0.25, 0.3) is 0 Å². The van der Waals surface area contributed by atoms with Gasteiger partial charge in [-0.3, -0.25) is 0 Å². The van der Waals surface area contributed by atoms with Crippen LogP contribution in [0.2, 0.25) is 0 Å². The normalized spacial score (nSPS) is 11.4. The van der Waals surface area contributed by atoms with E-state index in [0.29, 0.717) is 0 Å². The van der Waals surface area contributed by atoms with E-state index in [-0.39, 0.29) is 12.2 Å². The van der Waals surface area contributed by atoms with Crippen molar-refractivity contribution in [2.75, 3.05) is 6.61 Å². The van der Waals surface area contributed by atoms with Crippen molar-refractivity contribution in [1.82, 2.24) is 0 Å². The van der Waals surface area contributed by atoms with Crippen molar-refractivity contribution in [3.63, 3.8) is 0 Å². The third kappa shape index (κ3) is 2.79. The average molecular weight is 301 g/mol. The van der Waals surface area contributed by atoms with E-state index in [2.05, 4.69) is 6.07 Å². The van der Waals surface area contributed by atoms with Gasteiger partial charge in [-0.1, -0.05) is 54.6 Å². The highest BCUT2D eigenvalue weighted by atomic mass is 16.5. The minimum Gasteiger partial charge on any atom is -0.462 e. The van der Waals surface area contributed by atoms with Crippen LogP contribution in [0.5, 0.6) is 0 Å². The van der Waals surface area contributed by atoms with Crippen LogP contribution in [0.4, 0.5) is 0 Å². The highest BCUT2D eigenvalue weighted by molar-refractivity contribution is 6.12. The van der Waals surface area contributed by atoms with E-state index in [9.17, 15) is 10.1 Å². The molecule has 0 aromatic heterocycles.